The number of nitrogens with zero attached hydrogens (tertiary/aromatic N) is 1. The van der Waals surface area contributed by atoms with Crippen molar-refractivity contribution in [3.05, 3.63) is 51.4 Å². The molecular weight excluding hydrogens is 376 g/mol. The van der Waals surface area contributed by atoms with Gasteiger partial charge in [0.2, 0.25) is 0 Å². The monoisotopic (exact) mass is 396 g/mol. The number of amides is 1. The second-order valence-electron chi connectivity index (χ2n) is 6.15. The number of thiophene rings is 1. The minimum absolute atomic E-state index is 0.0760. The molecule has 1 aromatic carbocycles. The second kappa shape index (κ2) is 8.72. The van der Waals surface area contributed by atoms with E-state index in [0.717, 1.165) is 29.7 Å². The molecule has 0 saturated heterocycles. The normalized spacial score (nSPS) is 12.8. The molecular formula is C21H20N2O4S. The number of ether oxygens (including phenoxy) is 2. The van der Waals surface area contributed by atoms with E-state index in [1.165, 1.54) is 24.5 Å². The number of benzene rings is 1. The number of anilines is 1. The molecule has 1 aliphatic carbocycles. The summed E-state index contributed by atoms with van der Waals surface area (Å²) in [5, 5.41) is 12.6. The van der Waals surface area contributed by atoms with E-state index in [9.17, 15) is 14.9 Å². The van der Waals surface area contributed by atoms with Gasteiger partial charge in [0.25, 0.3) is 5.91 Å². The summed E-state index contributed by atoms with van der Waals surface area (Å²) in [6.07, 6.45) is 4.13. The molecule has 2 aromatic rings. The highest BCUT2D eigenvalue weighted by Crippen LogP contribution is 2.39. The molecule has 1 heterocycles. The molecule has 1 aromatic heterocycles. The van der Waals surface area contributed by atoms with E-state index in [0.29, 0.717) is 21.9 Å². The van der Waals surface area contributed by atoms with Crippen molar-refractivity contribution in [2.24, 2.45) is 0 Å². The largest absolute Gasteiger partial charge is 0.496 e. The van der Waals surface area contributed by atoms with E-state index in [4.69, 9.17) is 9.47 Å². The number of fused-ring (bicyclic) bond motifs is 1. The van der Waals surface area contributed by atoms with Crippen molar-refractivity contribution in [2.75, 3.05) is 19.0 Å². The van der Waals surface area contributed by atoms with Gasteiger partial charge >= 0.3 is 5.97 Å². The molecule has 6 nitrogen and oxygen atoms in total. The smallest absolute Gasteiger partial charge is 0.341 e. The van der Waals surface area contributed by atoms with Crippen molar-refractivity contribution in [3.8, 4) is 11.8 Å². The molecule has 0 aliphatic heterocycles. The Labute approximate surface area is 167 Å². The van der Waals surface area contributed by atoms with Crippen molar-refractivity contribution < 1.29 is 19.1 Å². The van der Waals surface area contributed by atoms with E-state index >= 15 is 0 Å². The standard InChI is InChI=1S/C21H20N2O4S/c1-3-27-21(25)18-15-8-6-10-17(15)28-20(18)23-19(24)14(12-22)11-13-7-4-5-9-16(13)26-2/h4-5,7,9,11H,3,6,8,10H2,1-2H3,(H,23,24). The third kappa shape index (κ3) is 3.92. The Balaban J connectivity index is 1.91. The van der Waals surface area contributed by atoms with Crippen LogP contribution in [0.3, 0.4) is 0 Å². The fourth-order valence-electron chi connectivity index (χ4n) is 3.17. The molecule has 0 bridgehead atoms. The molecule has 0 fully saturated rings. The molecule has 0 atom stereocenters. The fourth-order valence-corrected chi connectivity index (χ4v) is 4.44. The number of nitriles is 1. The molecule has 0 radical (unpaired) electrons. The van der Waals surface area contributed by atoms with Crippen LogP contribution in [-0.4, -0.2) is 25.6 Å². The van der Waals surface area contributed by atoms with Crippen molar-refractivity contribution in [1.82, 2.24) is 0 Å². The first-order valence-electron chi connectivity index (χ1n) is 8.96. The summed E-state index contributed by atoms with van der Waals surface area (Å²) >= 11 is 1.38. The maximum atomic E-state index is 12.7. The van der Waals surface area contributed by atoms with Gasteiger partial charge in [-0.2, -0.15) is 5.26 Å². The Kier molecular flexibility index (Phi) is 6.12. The van der Waals surface area contributed by atoms with Crippen LogP contribution in [0.15, 0.2) is 29.8 Å². The van der Waals surface area contributed by atoms with Crippen LogP contribution >= 0.6 is 11.3 Å². The van der Waals surface area contributed by atoms with Crippen LogP contribution in [0, 0.1) is 11.3 Å². The summed E-state index contributed by atoms with van der Waals surface area (Å²) in [5.74, 6) is -0.450. The first-order chi connectivity index (χ1) is 13.6. The highest BCUT2D eigenvalue weighted by molar-refractivity contribution is 7.17. The maximum absolute atomic E-state index is 12.7. The Morgan fingerprint density at radius 3 is 2.82 bits per heavy atom. The summed E-state index contributed by atoms with van der Waals surface area (Å²) in [6.45, 7) is 2.00. The first kappa shape index (κ1) is 19.6. The molecule has 1 amide bonds. The number of carbonyl (C=O) groups is 2. The van der Waals surface area contributed by atoms with Crippen LogP contribution in [0.4, 0.5) is 5.00 Å². The molecule has 0 saturated carbocycles. The van der Waals surface area contributed by atoms with Crippen molar-refractivity contribution in [3.63, 3.8) is 0 Å². The summed E-state index contributed by atoms with van der Waals surface area (Å²) < 4.78 is 10.4. The third-order valence-corrected chi connectivity index (χ3v) is 5.64. The zero-order chi connectivity index (χ0) is 20.1. The molecule has 28 heavy (non-hydrogen) atoms. The molecule has 0 unspecified atom stereocenters. The fraction of sp³-hybridized carbons (Fsp3) is 0.286. The highest BCUT2D eigenvalue weighted by Gasteiger charge is 2.28. The summed E-state index contributed by atoms with van der Waals surface area (Å²) in [6, 6.07) is 9.04. The number of rotatable bonds is 6. The SMILES string of the molecule is CCOC(=O)c1c(NC(=O)C(C#N)=Cc2ccccc2OC)sc2c1CCC2. The molecule has 0 spiro atoms. The number of para-hydroxylation sites is 1. The maximum Gasteiger partial charge on any atom is 0.341 e. The Morgan fingerprint density at radius 2 is 2.11 bits per heavy atom. The predicted molar refractivity (Wildman–Crippen MR) is 108 cm³/mol. The minimum atomic E-state index is -0.570. The predicted octanol–water partition coefficient (Wildman–Crippen LogP) is 3.97. The zero-order valence-corrected chi connectivity index (χ0v) is 16.5. The average Bonchev–Trinajstić information content (AvgIpc) is 3.27. The lowest BCUT2D eigenvalue weighted by atomic mass is 10.1. The summed E-state index contributed by atoms with van der Waals surface area (Å²) in [5.41, 5.74) is 1.91. The van der Waals surface area contributed by atoms with Crippen LogP contribution in [0.1, 0.15) is 39.7 Å². The van der Waals surface area contributed by atoms with Gasteiger partial charge < -0.3 is 14.8 Å². The molecule has 3 rings (SSSR count). The Bertz CT molecular complexity index is 985. The highest BCUT2D eigenvalue weighted by atomic mass is 32.1. The van der Waals surface area contributed by atoms with Crippen LogP contribution in [0.2, 0.25) is 0 Å². The van der Waals surface area contributed by atoms with Gasteiger partial charge in [0.1, 0.15) is 22.4 Å². The van der Waals surface area contributed by atoms with E-state index in [2.05, 4.69) is 5.32 Å². The van der Waals surface area contributed by atoms with Gasteiger partial charge in [-0.3, -0.25) is 4.79 Å². The minimum Gasteiger partial charge on any atom is -0.496 e. The van der Waals surface area contributed by atoms with E-state index in [-0.39, 0.29) is 12.2 Å². The van der Waals surface area contributed by atoms with Crippen LogP contribution in [0.25, 0.3) is 6.08 Å². The Morgan fingerprint density at radius 1 is 1.32 bits per heavy atom. The average molecular weight is 396 g/mol. The van der Waals surface area contributed by atoms with Gasteiger partial charge in [0, 0.05) is 10.4 Å². The van der Waals surface area contributed by atoms with Crippen molar-refractivity contribution >= 4 is 34.3 Å². The molecule has 1 N–H and O–H groups in total. The van der Waals surface area contributed by atoms with Crippen LogP contribution in [0.5, 0.6) is 5.75 Å². The number of nitrogens with one attached hydrogen (secondary N) is 1. The van der Waals surface area contributed by atoms with E-state index in [1.807, 2.05) is 6.07 Å². The van der Waals surface area contributed by atoms with E-state index in [1.54, 1.807) is 31.2 Å². The van der Waals surface area contributed by atoms with Gasteiger partial charge in [-0.15, -0.1) is 11.3 Å². The number of aryl methyl sites for hydroxylation is 1. The first-order valence-corrected chi connectivity index (χ1v) is 9.78. The summed E-state index contributed by atoms with van der Waals surface area (Å²) in [4.78, 5) is 26.2. The van der Waals surface area contributed by atoms with Gasteiger partial charge in [-0.05, 0) is 43.9 Å². The quantitative estimate of drug-likeness (QED) is 0.453. The van der Waals surface area contributed by atoms with Crippen LogP contribution < -0.4 is 10.1 Å². The number of esters is 1. The number of methoxy groups -OCH3 is 1. The molecule has 7 heteroatoms. The van der Waals surface area contributed by atoms with Gasteiger partial charge in [0.15, 0.2) is 0 Å². The van der Waals surface area contributed by atoms with Crippen molar-refractivity contribution in [1.29, 1.82) is 5.26 Å². The lowest BCUT2D eigenvalue weighted by Gasteiger charge is -2.08. The topological polar surface area (TPSA) is 88.4 Å². The van der Waals surface area contributed by atoms with E-state index < -0.39 is 11.9 Å². The number of carbonyl (C=O) groups excluding carboxylic acids is 2. The second-order valence-corrected chi connectivity index (χ2v) is 7.25. The zero-order valence-electron chi connectivity index (χ0n) is 15.7. The molecule has 1 aliphatic rings. The molecule has 144 valence electrons. The Hall–Kier alpha value is -3.11. The third-order valence-electron chi connectivity index (χ3n) is 4.43. The van der Waals surface area contributed by atoms with Gasteiger partial charge in [-0.25, -0.2) is 4.79 Å². The van der Waals surface area contributed by atoms with Crippen molar-refractivity contribution in [2.45, 2.75) is 26.2 Å². The lowest BCUT2D eigenvalue weighted by Crippen LogP contribution is -2.16. The summed E-state index contributed by atoms with van der Waals surface area (Å²) in [7, 11) is 1.53. The van der Waals surface area contributed by atoms with Crippen LogP contribution in [-0.2, 0) is 22.4 Å². The van der Waals surface area contributed by atoms with Gasteiger partial charge in [-0.1, -0.05) is 18.2 Å². The number of hydrogen-bond donors (Lipinski definition) is 1. The number of hydrogen-bond acceptors (Lipinski definition) is 6. The lowest BCUT2D eigenvalue weighted by molar-refractivity contribution is -0.112. The van der Waals surface area contributed by atoms with Gasteiger partial charge in [0.05, 0.1) is 19.3 Å².